The van der Waals surface area contributed by atoms with Gasteiger partial charge in [-0.2, -0.15) is 14.9 Å². The van der Waals surface area contributed by atoms with E-state index in [0.717, 1.165) is 17.1 Å². The molecule has 1 fully saturated rings. The van der Waals surface area contributed by atoms with Crippen LogP contribution in [0.2, 0.25) is 0 Å². The number of sulfone groups is 1. The van der Waals surface area contributed by atoms with Crippen molar-refractivity contribution in [3.8, 4) is 17.2 Å². The second-order valence-corrected chi connectivity index (χ2v) is 8.26. The van der Waals surface area contributed by atoms with Crippen molar-refractivity contribution in [3.05, 3.63) is 30.0 Å². The molecule has 0 spiro atoms. The molecule has 1 aliphatic heterocycles. The number of hydrogen-bond donors (Lipinski definition) is 1. The van der Waals surface area contributed by atoms with Gasteiger partial charge in [0, 0.05) is 24.7 Å². The molecule has 3 aromatic heterocycles. The Balaban J connectivity index is 1.86. The summed E-state index contributed by atoms with van der Waals surface area (Å²) in [5, 5.41) is 15.7. The molecule has 3 aromatic rings. The van der Waals surface area contributed by atoms with Gasteiger partial charge in [0.05, 0.1) is 29.5 Å². The van der Waals surface area contributed by atoms with Crippen LogP contribution in [0.1, 0.15) is 23.9 Å². The van der Waals surface area contributed by atoms with Crippen molar-refractivity contribution >= 4 is 9.84 Å². The van der Waals surface area contributed by atoms with E-state index in [-0.39, 0.29) is 17.4 Å². The first-order valence-corrected chi connectivity index (χ1v) is 9.43. The summed E-state index contributed by atoms with van der Waals surface area (Å²) in [4.78, 5) is 4.64. The summed E-state index contributed by atoms with van der Waals surface area (Å²) < 4.78 is 27.1. The lowest BCUT2D eigenvalue weighted by Gasteiger charge is -2.09. The molecule has 126 valence electrons. The first-order valence-electron chi connectivity index (χ1n) is 7.61. The summed E-state index contributed by atoms with van der Waals surface area (Å²) in [7, 11) is -1.20. The third-order valence-electron chi connectivity index (χ3n) is 4.31. The van der Waals surface area contributed by atoms with E-state index in [0.29, 0.717) is 18.1 Å². The number of aromatic amines is 1. The Hall–Kier alpha value is -2.49. The van der Waals surface area contributed by atoms with E-state index in [9.17, 15) is 8.42 Å². The van der Waals surface area contributed by atoms with Gasteiger partial charge in [-0.1, -0.05) is 0 Å². The van der Waals surface area contributed by atoms with Gasteiger partial charge in [-0.05, 0) is 13.3 Å². The van der Waals surface area contributed by atoms with E-state index in [1.54, 1.807) is 21.8 Å². The van der Waals surface area contributed by atoms with E-state index in [1.807, 2.05) is 20.0 Å². The van der Waals surface area contributed by atoms with Gasteiger partial charge in [0.15, 0.2) is 21.5 Å². The Morgan fingerprint density at radius 1 is 1.38 bits per heavy atom. The Labute approximate surface area is 138 Å². The second kappa shape index (κ2) is 5.26. The van der Waals surface area contributed by atoms with Crippen molar-refractivity contribution < 1.29 is 8.42 Å². The smallest absolute Gasteiger partial charge is 0.185 e. The maximum Gasteiger partial charge on any atom is 0.185 e. The SMILES string of the molecule is Cc1[nH]ncc1-c1nc(C2CCS(=O)(=O)C2)n(-c2ccnn2C)n1. The molecule has 0 aromatic carbocycles. The van der Waals surface area contributed by atoms with Gasteiger partial charge in [-0.3, -0.25) is 9.78 Å². The fourth-order valence-corrected chi connectivity index (χ4v) is 4.76. The predicted octanol–water partition coefficient (Wildman–Crippen LogP) is 0.601. The predicted molar refractivity (Wildman–Crippen MR) is 86.5 cm³/mol. The fraction of sp³-hybridized carbons (Fsp3) is 0.429. The number of hydrogen-bond acceptors (Lipinski definition) is 6. The highest BCUT2D eigenvalue weighted by Gasteiger charge is 2.34. The highest BCUT2D eigenvalue weighted by Crippen LogP contribution is 2.31. The molecular weight excluding hydrogens is 330 g/mol. The zero-order valence-electron chi connectivity index (χ0n) is 13.3. The van der Waals surface area contributed by atoms with Crippen LogP contribution in [0.15, 0.2) is 18.5 Å². The van der Waals surface area contributed by atoms with Crippen molar-refractivity contribution in [1.29, 1.82) is 0 Å². The lowest BCUT2D eigenvalue weighted by atomic mass is 10.1. The minimum atomic E-state index is -3.01. The Morgan fingerprint density at radius 2 is 2.21 bits per heavy atom. The first kappa shape index (κ1) is 15.1. The number of rotatable bonds is 3. The van der Waals surface area contributed by atoms with Crippen LogP contribution in [0.4, 0.5) is 0 Å². The molecule has 1 unspecified atom stereocenters. The molecule has 1 atom stereocenters. The van der Waals surface area contributed by atoms with Gasteiger partial charge in [-0.25, -0.2) is 13.4 Å². The van der Waals surface area contributed by atoms with Gasteiger partial charge in [0.25, 0.3) is 0 Å². The fourth-order valence-electron chi connectivity index (χ4n) is 3.02. The molecule has 1 saturated heterocycles. The van der Waals surface area contributed by atoms with Gasteiger partial charge in [0.1, 0.15) is 5.82 Å². The zero-order chi connectivity index (χ0) is 16.9. The molecule has 4 rings (SSSR count). The van der Waals surface area contributed by atoms with Crippen LogP contribution in [-0.4, -0.2) is 54.7 Å². The average Bonchev–Trinajstić information content (AvgIpc) is 3.25. The molecule has 1 aliphatic rings. The normalized spacial score (nSPS) is 19.8. The Kier molecular flexibility index (Phi) is 3.30. The van der Waals surface area contributed by atoms with Gasteiger partial charge < -0.3 is 0 Å². The maximum absolute atomic E-state index is 11.9. The minimum absolute atomic E-state index is 0.105. The van der Waals surface area contributed by atoms with Gasteiger partial charge in [0.2, 0.25) is 0 Å². The summed E-state index contributed by atoms with van der Waals surface area (Å²) >= 11 is 0. The monoisotopic (exact) mass is 347 g/mol. The number of H-pyrrole nitrogens is 1. The molecule has 0 aliphatic carbocycles. The topological polar surface area (TPSA) is 111 Å². The highest BCUT2D eigenvalue weighted by molar-refractivity contribution is 7.91. The van der Waals surface area contributed by atoms with Crippen molar-refractivity contribution in [1.82, 2.24) is 34.7 Å². The van der Waals surface area contributed by atoms with Crippen LogP contribution in [0.25, 0.3) is 17.2 Å². The third-order valence-corrected chi connectivity index (χ3v) is 6.08. The molecule has 10 heteroatoms. The van der Waals surface area contributed by atoms with E-state index in [2.05, 4.69) is 25.4 Å². The van der Waals surface area contributed by atoms with E-state index < -0.39 is 9.84 Å². The maximum atomic E-state index is 11.9. The largest absolute Gasteiger partial charge is 0.282 e. The van der Waals surface area contributed by atoms with Crippen LogP contribution >= 0.6 is 0 Å². The second-order valence-electron chi connectivity index (χ2n) is 6.03. The highest BCUT2D eigenvalue weighted by atomic mass is 32.2. The van der Waals surface area contributed by atoms with Crippen molar-refractivity contribution in [2.24, 2.45) is 7.05 Å². The summed E-state index contributed by atoms with van der Waals surface area (Å²) in [5.74, 6) is 2.05. The lowest BCUT2D eigenvalue weighted by molar-refractivity contribution is 0.599. The van der Waals surface area contributed by atoms with E-state index >= 15 is 0 Å². The Morgan fingerprint density at radius 3 is 2.79 bits per heavy atom. The van der Waals surface area contributed by atoms with Crippen molar-refractivity contribution in [2.75, 3.05) is 11.5 Å². The van der Waals surface area contributed by atoms with E-state index in [1.165, 1.54) is 0 Å². The summed E-state index contributed by atoms with van der Waals surface area (Å²) in [6, 6.07) is 1.83. The van der Waals surface area contributed by atoms with E-state index in [4.69, 9.17) is 0 Å². The molecular formula is C14H17N7O2S. The summed E-state index contributed by atoms with van der Waals surface area (Å²) in [6.45, 7) is 1.90. The van der Waals surface area contributed by atoms with Gasteiger partial charge >= 0.3 is 0 Å². The molecule has 0 bridgehead atoms. The number of aryl methyl sites for hydroxylation is 2. The van der Waals surface area contributed by atoms with Crippen LogP contribution < -0.4 is 0 Å². The van der Waals surface area contributed by atoms with Crippen LogP contribution in [0, 0.1) is 6.92 Å². The molecule has 1 N–H and O–H groups in total. The molecule has 9 nitrogen and oxygen atoms in total. The summed E-state index contributed by atoms with van der Waals surface area (Å²) in [5.41, 5.74) is 1.67. The number of nitrogens with one attached hydrogen (secondary N) is 1. The minimum Gasteiger partial charge on any atom is -0.282 e. The third kappa shape index (κ3) is 2.42. The molecule has 4 heterocycles. The van der Waals surface area contributed by atoms with Crippen LogP contribution in [-0.2, 0) is 16.9 Å². The Bertz CT molecular complexity index is 998. The number of nitrogens with zero attached hydrogens (tertiary/aromatic N) is 6. The molecule has 0 saturated carbocycles. The zero-order valence-corrected chi connectivity index (χ0v) is 14.2. The first-order chi connectivity index (χ1) is 11.4. The van der Waals surface area contributed by atoms with Crippen molar-refractivity contribution in [2.45, 2.75) is 19.3 Å². The quantitative estimate of drug-likeness (QED) is 0.743. The van der Waals surface area contributed by atoms with Crippen molar-refractivity contribution in [3.63, 3.8) is 0 Å². The molecule has 0 radical (unpaired) electrons. The standard InChI is InChI=1S/C14H17N7O2S/c1-9-11(7-15-18-9)13-17-14(10-4-6-24(22,23)8-10)21(19-13)12-3-5-16-20(12)2/h3,5,7,10H,4,6,8H2,1-2H3,(H,15,18). The molecule has 0 amide bonds. The lowest BCUT2D eigenvalue weighted by Crippen LogP contribution is -2.13. The average molecular weight is 347 g/mol. The van der Waals surface area contributed by atoms with Crippen LogP contribution in [0.3, 0.4) is 0 Å². The number of aromatic nitrogens is 7. The summed E-state index contributed by atoms with van der Waals surface area (Å²) in [6.07, 6.45) is 3.91. The van der Waals surface area contributed by atoms with Crippen LogP contribution in [0.5, 0.6) is 0 Å². The van der Waals surface area contributed by atoms with Gasteiger partial charge in [-0.15, -0.1) is 5.10 Å². The molecule has 24 heavy (non-hydrogen) atoms.